The van der Waals surface area contributed by atoms with Gasteiger partial charge in [0.1, 0.15) is 23.3 Å². The minimum Gasteiger partial charge on any atom is -0.481 e. The maximum atomic E-state index is 11.2. The Bertz CT molecular complexity index is 2530. The van der Waals surface area contributed by atoms with Crippen molar-refractivity contribution in [1.29, 1.82) is 10.5 Å². The van der Waals surface area contributed by atoms with Crippen LogP contribution in [0.25, 0.3) is 12.2 Å². The molecule has 0 radical (unpaired) electrons. The number of nitrogens with zero attached hydrogens (tertiary/aromatic N) is 4. The Hall–Kier alpha value is -6.48. The van der Waals surface area contributed by atoms with E-state index in [0.717, 1.165) is 80.9 Å². The first-order chi connectivity index (χ1) is 30.8. The number of benzene rings is 4. The summed E-state index contributed by atoms with van der Waals surface area (Å²) < 4.78 is 0. The zero-order valence-corrected chi connectivity index (χ0v) is 37.3. The van der Waals surface area contributed by atoms with Gasteiger partial charge in [-0.25, -0.2) is 9.59 Å². The fourth-order valence-electron chi connectivity index (χ4n) is 8.63. The normalized spacial score (nSPS) is 18.5. The Balaban J connectivity index is 0.000000213. The van der Waals surface area contributed by atoms with Gasteiger partial charge in [-0.3, -0.25) is 9.59 Å². The van der Waals surface area contributed by atoms with E-state index in [4.69, 9.17) is 30.9 Å². The van der Waals surface area contributed by atoms with E-state index < -0.39 is 23.9 Å². The Morgan fingerprint density at radius 3 is 1.64 bits per heavy atom. The molecule has 4 N–H and O–H groups in total. The van der Waals surface area contributed by atoms with Crippen LogP contribution in [-0.4, -0.2) is 67.9 Å². The van der Waals surface area contributed by atoms with Gasteiger partial charge in [0.05, 0.1) is 0 Å². The van der Waals surface area contributed by atoms with Crippen molar-refractivity contribution in [3.05, 3.63) is 118 Å². The van der Waals surface area contributed by atoms with Crippen LogP contribution in [0.3, 0.4) is 0 Å². The molecule has 2 aliphatic heterocycles. The maximum Gasteiger partial charge on any atom is 0.346 e. The topological polar surface area (TPSA) is 203 Å². The monoisotopic (exact) mass is 898 g/mol. The molecule has 1 fully saturated rings. The van der Waals surface area contributed by atoms with Crippen molar-refractivity contribution in [3.8, 4) is 12.1 Å². The van der Waals surface area contributed by atoms with Gasteiger partial charge >= 0.3 is 23.9 Å². The van der Waals surface area contributed by atoms with Crippen LogP contribution in [0.2, 0.25) is 0 Å². The van der Waals surface area contributed by atoms with E-state index in [0.29, 0.717) is 30.4 Å². The van der Waals surface area contributed by atoms with E-state index in [-0.39, 0.29) is 35.9 Å². The van der Waals surface area contributed by atoms with Crippen molar-refractivity contribution in [3.63, 3.8) is 0 Å². The van der Waals surface area contributed by atoms with Gasteiger partial charge in [-0.15, -0.1) is 23.5 Å². The summed E-state index contributed by atoms with van der Waals surface area (Å²) in [7, 11) is 0. The maximum absolute atomic E-state index is 11.2. The first kappa shape index (κ1) is 47.0. The van der Waals surface area contributed by atoms with E-state index in [1.165, 1.54) is 17.7 Å². The van der Waals surface area contributed by atoms with Crippen molar-refractivity contribution in [1.82, 2.24) is 0 Å². The summed E-state index contributed by atoms with van der Waals surface area (Å²) in [5, 5.41) is 53.8. The van der Waals surface area contributed by atoms with Crippen LogP contribution >= 0.6 is 23.5 Å². The van der Waals surface area contributed by atoms with E-state index in [9.17, 15) is 19.2 Å². The molecule has 4 aromatic carbocycles. The molecule has 12 nitrogen and oxygen atoms in total. The third-order valence-corrected chi connectivity index (χ3v) is 14.1. The minimum atomic E-state index is -1.23. The van der Waals surface area contributed by atoms with Crippen LogP contribution < -0.4 is 9.80 Å². The highest BCUT2D eigenvalue weighted by molar-refractivity contribution is 7.99. The summed E-state index contributed by atoms with van der Waals surface area (Å²) in [5.74, 6) is -1.63. The SMILES string of the molecule is CC1c2cc(/C=C(\C#N)C(=O)O)ccc2N(c2ccc(SCCCCC(=O)O)cc2)C1C.N#C/C(=C\c1ccc2c(c1)C1CCCC1N2c1ccc(SCCCC(=O)O)cc1)C(=O)O. The number of carbonyl (C=O) groups is 4. The lowest BCUT2D eigenvalue weighted by atomic mass is 9.95. The van der Waals surface area contributed by atoms with Crippen LogP contribution in [0.5, 0.6) is 0 Å². The van der Waals surface area contributed by atoms with Crippen LogP contribution in [0.15, 0.2) is 106 Å². The number of hydrogen-bond donors (Lipinski definition) is 4. The van der Waals surface area contributed by atoms with E-state index >= 15 is 0 Å². The largest absolute Gasteiger partial charge is 0.481 e. The molecule has 7 rings (SSSR count). The number of thioether (sulfide) groups is 2. The third kappa shape index (κ3) is 11.4. The average molecular weight is 899 g/mol. The van der Waals surface area contributed by atoms with E-state index in [1.54, 1.807) is 35.7 Å². The van der Waals surface area contributed by atoms with Crippen molar-refractivity contribution in [2.24, 2.45) is 0 Å². The molecular weight excluding hydrogens is 849 g/mol. The van der Waals surface area contributed by atoms with Crippen LogP contribution in [-0.2, 0) is 19.2 Å². The minimum absolute atomic E-state index is 0.193. The highest BCUT2D eigenvalue weighted by Gasteiger charge is 2.42. The van der Waals surface area contributed by atoms with Gasteiger partial charge in [0.25, 0.3) is 0 Å². The highest BCUT2D eigenvalue weighted by atomic mass is 32.2. The number of rotatable bonds is 17. The van der Waals surface area contributed by atoms with Gasteiger partial charge < -0.3 is 30.2 Å². The Morgan fingerprint density at radius 2 is 1.12 bits per heavy atom. The molecule has 330 valence electrons. The number of unbranched alkanes of at least 4 members (excludes halogenated alkanes) is 1. The van der Waals surface area contributed by atoms with Crippen LogP contribution in [0.4, 0.5) is 22.7 Å². The number of fused-ring (bicyclic) bond motifs is 4. The number of anilines is 4. The van der Waals surface area contributed by atoms with Gasteiger partial charge in [0.2, 0.25) is 0 Å². The van der Waals surface area contributed by atoms with Crippen molar-refractivity contribution >= 4 is 82.3 Å². The van der Waals surface area contributed by atoms with Crippen LogP contribution in [0, 0.1) is 22.7 Å². The van der Waals surface area contributed by atoms with Gasteiger partial charge in [-0.05, 0) is 158 Å². The molecule has 0 saturated heterocycles. The second kappa shape index (κ2) is 21.7. The molecule has 1 aliphatic carbocycles. The Labute approximate surface area is 381 Å². The molecule has 4 atom stereocenters. The average Bonchev–Trinajstić information content (AvgIpc) is 3.94. The predicted octanol–water partition coefficient (Wildman–Crippen LogP) is 11.1. The zero-order chi connectivity index (χ0) is 45.9. The highest BCUT2D eigenvalue weighted by Crippen LogP contribution is 2.53. The number of hydrogen-bond acceptors (Lipinski definition) is 10. The van der Waals surface area contributed by atoms with Gasteiger partial charge in [-0.2, -0.15) is 10.5 Å². The molecule has 64 heavy (non-hydrogen) atoms. The van der Waals surface area contributed by atoms with E-state index in [1.807, 2.05) is 36.4 Å². The lowest BCUT2D eigenvalue weighted by Gasteiger charge is -2.27. The van der Waals surface area contributed by atoms with Gasteiger partial charge in [0, 0.05) is 69.3 Å². The lowest BCUT2D eigenvalue weighted by molar-refractivity contribution is -0.138. The smallest absolute Gasteiger partial charge is 0.346 e. The third-order valence-electron chi connectivity index (χ3n) is 11.9. The van der Waals surface area contributed by atoms with Crippen molar-refractivity contribution in [2.45, 2.75) is 98.9 Å². The number of nitriles is 2. The second-order valence-electron chi connectivity index (χ2n) is 16.0. The van der Waals surface area contributed by atoms with Crippen molar-refractivity contribution in [2.75, 3.05) is 21.3 Å². The van der Waals surface area contributed by atoms with Crippen LogP contribution in [0.1, 0.15) is 99.3 Å². The van der Waals surface area contributed by atoms with Gasteiger partial charge in [0.15, 0.2) is 0 Å². The number of aliphatic carboxylic acids is 4. The summed E-state index contributed by atoms with van der Waals surface area (Å²) in [5.41, 5.74) is 7.70. The fraction of sp³-hybridized carbons (Fsp3) is 0.320. The Kier molecular flexibility index (Phi) is 16.0. The van der Waals surface area contributed by atoms with E-state index in [2.05, 4.69) is 72.2 Å². The first-order valence-corrected chi connectivity index (χ1v) is 23.2. The molecule has 0 spiro atoms. The first-order valence-electron chi connectivity index (χ1n) is 21.3. The fourth-order valence-corrected chi connectivity index (χ4v) is 10.4. The molecular formula is C50H50N4O8S2. The summed E-state index contributed by atoms with van der Waals surface area (Å²) in [6.45, 7) is 4.32. The molecule has 4 aromatic rings. The summed E-state index contributed by atoms with van der Waals surface area (Å²) in [4.78, 5) is 50.6. The summed E-state index contributed by atoms with van der Waals surface area (Å²) in [6, 6.07) is 32.6. The molecule has 1 saturated carbocycles. The van der Waals surface area contributed by atoms with Gasteiger partial charge in [-0.1, -0.05) is 25.5 Å². The molecule has 4 unspecified atom stereocenters. The number of carboxylic acid groups (broad SMARTS) is 4. The molecule has 0 aromatic heterocycles. The molecule has 14 heteroatoms. The quantitative estimate of drug-likeness (QED) is 0.0337. The molecule has 2 heterocycles. The van der Waals surface area contributed by atoms with Crippen molar-refractivity contribution < 1.29 is 39.6 Å². The summed E-state index contributed by atoms with van der Waals surface area (Å²) in [6.07, 6.45) is 8.83. The number of carboxylic acids is 4. The second-order valence-corrected chi connectivity index (χ2v) is 18.3. The molecule has 0 amide bonds. The Morgan fingerprint density at radius 1 is 0.641 bits per heavy atom. The zero-order valence-electron chi connectivity index (χ0n) is 35.6. The molecule has 0 bridgehead atoms. The lowest BCUT2D eigenvalue weighted by Crippen LogP contribution is -2.26. The standard InChI is InChI=1S/C25H24N2O4S.C25H26N2O4S/c26-15-17(25(30)31)13-16-6-11-23-21(14-16)20-3-1-4-22(20)27(23)18-7-9-19(10-8-18)32-12-2-5-24(28)29;1-16-17(2)27(20-7-9-21(10-8-20)32-12-4-3-5-24(28)29)23-11-6-18(14-22(16)23)13-19(15-26)25(30)31/h6-11,13-14,20,22H,1-5,12H2,(H,28,29)(H,30,31);6-11,13-14,16-17H,3-5,12H2,1-2H3,(H,28,29)(H,30,31)/b17-13+;19-13+. The predicted molar refractivity (Wildman–Crippen MR) is 251 cm³/mol. The summed E-state index contributed by atoms with van der Waals surface area (Å²) >= 11 is 3.40. The molecule has 3 aliphatic rings.